The second-order valence-electron chi connectivity index (χ2n) is 4.72. The largest absolute Gasteiger partial charge is 0.384 e. The fourth-order valence-corrected chi connectivity index (χ4v) is 2.25. The van der Waals surface area contributed by atoms with Crippen LogP contribution in [0.5, 0.6) is 0 Å². The average molecular weight is 333 g/mol. The first-order valence-corrected chi connectivity index (χ1v) is 7.04. The van der Waals surface area contributed by atoms with Crippen LogP contribution in [-0.2, 0) is 6.54 Å². The molecule has 0 bridgehead atoms. The van der Waals surface area contributed by atoms with Crippen molar-refractivity contribution >= 4 is 27.6 Å². The Bertz CT molecular complexity index is 622. The number of anilines is 1. The Hall–Kier alpha value is -1.88. The minimum Gasteiger partial charge on any atom is -0.384 e. The maximum atomic E-state index is 7.65. The third kappa shape index (κ3) is 3.36. The van der Waals surface area contributed by atoms with Gasteiger partial charge in [0, 0.05) is 23.8 Å². The highest BCUT2D eigenvalue weighted by atomic mass is 79.9. The van der Waals surface area contributed by atoms with Crippen molar-refractivity contribution in [2.24, 2.45) is 5.73 Å². The van der Waals surface area contributed by atoms with Gasteiger partial charge in [0.05, 0.1) is 5.56 Å². The van der Waals surface area contributed by atoms with Crippen LogP contribution in [0.3, 0.4) is 0 Å². The van der Waals surface area contributed by atoms with E-state index in [2.05, 4.69) is 33.0 Å². The molecule has 0 aliphatic heterocycles. The van der Waals surface area contributed by atoms with Crippen LogP contribution in [0, 0.1) is 12.3 Å². The zero-order chi connectivity index (χ0) is 14.7. The molecule has 104 valence electrons. The van der Waals surface area contributed by atoms with E-state index in [0.717, 1.165) is 16.0 Å². The molecule has 0 saturated carbocycles. The molecule has 1 heterocycles. The van der Waals surface area contributed by atoms with E-state index in [1.807, 2.05) is 43.1 Å². The van der Waals surface area contributed by atoms with Gasteiger partial charge in [0.15, 0.2) is 0 Å². The van der Waals surface area contributed by atoms with Crippen LogP contribution < -0.4 is 10.6 Å². The Kier molecular flexibility index (Phi) is 4.39. The Morgan fingerprint density at radius 2 is 1.90 bits per heavy atom. The Morgan fingerprint density at radius 3 is 2.50 bits per heavy atom. The van der Waals surface area contributed by atoms with E-state index in [1.54, 1.807) is 0 Å². The van der Waals surface area contributed by atoms with Gasteiger partial charge >= 0.3 is 0 Å². The number of hydrogen-bond donors (Lipinski definition) is 2. The van der Waals surface area contributed by atoms with E-state index in [1.165, 1.54) is 5.56 Å². The summed E-state index contributed by atoms with van der Waals surface area (Å²) in [6.45, 7) is 2.64. The molecule has 0 spiro atoms. The summed E-state index contributed by atoms with van der Waals surface area (Å²) in [5.74, 6) is 0.774. The highest BCUT2D eigenvalue weighted by Crippen LogP contribution is 2.20. The van der Waals surface area contributed by atoms with Crippen molar-refractivity contribution in [2.45, 2.75) is 13.5 Å². The lowest BCUT2D eigenvalue weighted by Gasteiger charge is -2.21. The number of nitrogens with zero attached hydrogens (tertiary/aromatic N) is 2. The lowest BCUT2D eigenvalue weighted by atomic mass is 10.1. The lowest BCUT2D eigenvalue weighted by molar-refractivity contribution is 0.889. The monoisotopic (exact) mass is 332 g/mol. The maximum absolute atomic E-state index is 7.65. The highest BCUT2D eigenvalue weighted by Gasteiger charge is 2.12. The summed E-state index contributed by atoms with van der Waals surface area (Å²) in [5, 5.41) is 7.65. The topological polar surface area (TPSA) is 66.0 Å². The Balaban J connectivity index is 2.28. The maximum Gasteiger partial charge on any atom is 0.139 e. The molecule has 0 amide bonds. The Labute approximate surface area is 127 Å². The first-order chi connectivity index (χ1) is 9.47. The molecule has 0 atom stereocenters. The molecule has 4 nitrogen and oxygen atoms in total. The Morgan fingerprint density at radius 1 is 1.25 bits per heavy atom. The molecule has 1 aromatic carbocycles. The number of rotatable bonds is 4. The molecule has 1 aromatic heterocycles. The predicted molar refractivity (Wildman–Crippen MR) is 86.2 cm³/mol. The van der Waals surface area contributed by atoms with Crippen LogP contribution in [0.15, 0.2) is 40.9 Å². The molecule has 0 aliphatic carbocycles. The molecule has 5 heteroatoms. The molecular formula is C15H17BrN4. The van der Waals surface area contributed by atoms with Crippen molar-refractivity contribution < 1.29 is 0 Å². The van der Waals surface area contributed by atoms with E-state index in [4.69, 9.17) is 11.1 Å². The normalized spacial score (nSPS) is 10.3. The summed E-state index contributed by atoms with van der Waals surface area (Å²) in [6, 6.07) is 11.9. The predicted octanol–water partition coefficient (Wildman–Crippen LogP) is 3.07. The minimum atomic E-state index is 0.0372. The quantitative estimate of drug-likeness (QED) is 0.667. The van der Waals surface area contributed by atoms with E-state index >= 15 is 0 Å². The number of aromatic nitrogens is 1. The van der Waals surface area contributed by atoms with E-state index in [0.29, 0.717) is 12.1 Å². The van der Waals surface area contributed by atoms with Crippen molar-refractivity contribution in [3.63, 3.8) is 0 Å². The molecule has 2 rings (SSSR count). The number of amidine groups is 1. The van der Waals surface area contributed by atoms with Crippen LogP contribution in [0.25, 0.3) is 0 Å². The molecule has 0 aliphatic rings. The molecule has 0 saturated heterocycles. The number of benzene rings is 1. The van der Waals surface area contributed by atoms with Crippen molar-refractivity contribution in [1.82, 2.24) is 4.98 Å². The van der Waals surface area contributed by atoms with Gasteiger partial charge in [-0.2, -0.15) is 0 Å². The molecule has 0 fully saturated rings. The second kappa shape index (κ2) is 6.05. The second-order valence-corrected chi connectivity index (χ2v) is 5.64. The van der Waals surface area contributed by atoms with Gasteiger partial charge in [0.2, 0.25) is 0 Å². The zero-order valence-corrected chi connectivity index (χ0v) is 13.1. The molecule has 20 heavy (non-hydrogen) atoms. The van der Waals surface area contributed by atoms with Gasteiger partial charge in [-0.25, -0.2) is 4.98 Å². The van der Waals surface area contributed by atoms with Crippen LogP contribution >= 0.6 is 15.9 Å². The summed E-state index contributed by atoms with van der Waals surface area (Å²) < 4.78 is 1.06. The van der Waals surface area contributed by atoms with Gasteiger partial charge in [-0.15, -0.1) is 0 Å². The van der Waals surface area contributed by atoms with Crippen LogP contribution in [0.4, 0.5) is 5.82 Å². The van der Waals surface area contributed by atoms with Crippen molar-refractivity contribution in [1.29, 1.82) is 5.41 Å². The lowest BCUT2D eigenvalue weighted by Crippen LogP contribution is -2.23. The van der Waals surface area contributed by atoms with Gasteiger partial charge in [-0.3, -0.25) is 5.41 Å². The van der Waals surface area contributed by atoms with Crippen molar-refractivity contribution in [2.75, 3.05) is 11.9 Å². The van der Waals surface area contributed by atoms with Gasteiger partial charge < -0.3 is 10.6 Å². The zero-order valence-electron chi connectivity index (χ0n) is 11.5. The van der Waals surface area contributed by atoms with Crippen LogP contribution in [0.1, 0.15) is 16.8 Å². The van der Waals surface area contributed by atoms with E-state index in [-0.39, 0.29) is 5.84 Å². The standard InChI is InChI=1S/C15H17BrN4/c1-10-3-8-13(14(17)18)15(19-10)20(2)9-11-4-6-12(16)7-5-11/h3-8H,9H2,1-2H3,(H3,17,18). The molecule has 0 unspecified atom stereocenters. The number of pyridine rings is 1. The smallest absolute Gasteiger partial charge is 0.139 e. The third-order valence-corrected chi connectivity index (χ3v) is 3.53. The number of halogens is 1. The summed E-state index contributed by atoms with van der Waals surface area (Å²) in [6.07, 6.45) is 0. The molecule has 2 aromatic rings. The molecular weight excluding hydrogens is 316 g/mol. The number of aryl methyl sites for hydroxylation is 1. The molecule has 3 N–H and O–H groups in total. The van der Waals surface area contributed by atoms with Crippen LogP contribution in [0.2, 0.25) is 0 Å². The summed E-state index contributed by atoms with van der Waals surface area (Å²) in [4.78, 5) is 6.51. The summed E-state index contributed by atoms with van der Waals surface area (Å²) in [7, 11) is 1.95. The fraction of sp³-hybridized carbons (Fsp3) is 0.200. The van der Waals surface area contributed by atoms with Crippen molar-refractivity contribution in [3.05, 3.63) is 57.7 Å². The van der Waals surface area contributed by atoms with E-state index in [9.17, 15) is 0 Å². The SMILES string of the molecule is Cc1ccc(C(=N)N)c(N(C)Cc2ccc(Br)cc2)n1. The third-order valence-electron chi connectivity index (χ3n) is 3.00. The first kappa shape index (κ1) is 14.5. The van der Waals surface area contributed by atoms with Gasteiger partial charge in [-0.05, 0) is 36.8 Å². The number of hydrogen-bond acceptors (Lipinski definition) is 3. The number of nitrogen functional groups attached to an aromatic ring is 1. The highest BCUT2D eigenvalue weighted by molar-refractivity contribution is 9.10. The molecule has 0 radical (unpaired) electrons. The first-order valence-electron chi connectivity index (χ1n) is 6.25. The summed E-state index contributed by atoms with van der Waals surface area (Å²) in [5.41, 5.74) is 8.37. The van der Waals surface area contributed by atoms with Crippen LogP contribution in [-0.4, -0.2) is 17.9 Å². The van der Waals surface area contributed by atoms with Crippen molar-refractivity contribution in [3.8, 4) is 0 Å². The number of nitrogens with two attached hydrogens (primary N) is 1. The minimum absolute atomic E-state index is 0.0372. The summed E-state index contributed by atoms with van der Waals surface area (Å²) >= 11 is 3.43. The van der Waals surface area contributed by atoms with Gasteiger partial charge in [0.25, 0.3) is 0 Å². The fourth-order valence-electron chi connectivity index (χ4n) is 1.98. The van der Waals surface area contributed by atoms with Gasteiger partial charge in [0.1, 0.15) is 11.7 Å². The average Bonchev–Trinajstić information content (AvgIpc) is 2.41. The number of nitrogens with one attached hydrogen (secondary N) is 1. The van der Waals surface area contributed by atoms with Gasteiger partial charge in [-0.1, -0.05) is 28.1 Å². The van der Waals surface area contributed by atoms with E-state index < -0.39 is 0 Å².